The molecule has 2 rings (SSSR count). The predicted octanol–water partition coefficient (Wildman–Crippen LogP) is 1.78. The minimum atomic E-state index is -0.883. The number of thiophene rings is 1. The van der Waals surface area contributed by atoms with Crippen molar-refractivity contribution in [2.75, 3.05) is 26.7 Å². The van der Waals surface area contributed by atoms with Gasteiger partial charge in [-0.15, -0.1) is 11.3 Å². The van der Waals surface area contributed by atoms with Crippen LogP contribution in [0.4, 0.5) is 0 Å². The van der Waals surface area contributed by atoms with Gasteiger partial charge in [0.15, 0.2) is 0 Å². The maximum absolute atomic E-state index is 12.4. The summed E-state index contributed by atoms with van der Waals surface area (Å²) in [6.45, 7) is 4.33. The van der Waals surface area contributed by atoms with Gasteiger partial charge < -0.3 is 14.9 Å². The Morgan fingerprint density at radius 1 is 1.43 bits per heavy atom. The second-order valence-corrected chi connectivity index (χ2v) is 7.27. The van der Waals surface area contributed by atoms with Gasteiger partial charge in [0.05, 0.1) is 16.8 Å². The van der Waals surface area contributed by atoms with E-state index in [0.717, 1.165) is 0 Å². The second kappa shape index (κ2) is 6.70. The van der Waals surface area contributed by atoms with Crippen LogP contribution < -0.4 is 0 Å². The van der Waals surface area contributed by atoms with Crippen LogP contribution in [0.25, 0.3) is 0 Å². The van der Waals surface area contributed by atoms with Crippen molar-refractivity contribution in [1.29, 1.82) is 0 Å². The molecule has 2 heterocycles. The topological polar surface area (TPSA) is 77.9 Å². The van der Waals surface area contributed by atoms with Crippen LogP contribution in [0.5, 0.6) is 0 Å². The quantitative estimate of drug-likeness (QED) is 0.888. The van der Waals surface area contributed by atoms with Crippen molar-refractivity contribution in [3.63, 3.8) is 0 Å². The summed E-state index contributed by atoms with van der Waals surface area (Å²) >= 11 is 1.33. The first-order valence-corrected chi connectivity index (χ1v) is 8.46. The summed E-state index contributed by atoms with van der Waals surface area (Å²) in [5, 5.41) is 11.3. The zero-order valence-electron chi connectivity index (χ0n) is 13.6. The first-order chi connectivity index (χ1) is 10.8. The number of likely N-dealkylation sites (tertiary alicyclic amines) is 1. The van der Waals surface area contributed by atoms with Crippen molar-refractivity contribution in [3.05, 3.63) is 22.4 Å². The summed E-state index contributed by atoms with van der Waals surface area (Å²) in [5.74, 6) is -1.31. The zero-order valence-corrected chi connectivity index (χ0v) is 14.4. The lowest BCUT2D eigenvalue weighted by atomic mass is 9.76. The van der Waals surface area contributed by atoms with Gasteiger partial charge in [0, 0.05) is 20.1 Å². The summed E-state index contributed by atoms with van der Waals surface area (Å²) in [6, 6.07) is 3.51. The maximum Gasteiger partial charge on any atom is 0.311 e. The highest BCUT2D eigenvalue weighted by Crippen LogP contribution is 2.38. The van der Waals surface area contributed by atoms with Crippen LogP contribution in [0.2, 0.25) is 0 Å². The molecule has 1 aromatic heterocycles. The Morgan fingerprint density at radius 3 is 2.61 bits per heavy atom. The number of carboxylic acid groups (broad SMARTS) is 1. The van der Waals surface area contributed by atoms with Crippen molar-refractivity contribution in [2.45, 2.75) is 20.3 Å². The van der Waals surface area contributed by atoms with E-state index < -0.39 is 11.4 Å². The minimum absolute atomic E-state index is 0.0372. The molecule has 23 heavy (non-hydrogen) atoms. The van der Waals surface area contributed by atoms with E-state index in [4.69, 9.17) is 0 Å². The summed E-state index contributed by atoms with van der Waals surface area (Å²) in [6.07, 6.45) is 0.453. The van der Waals surface area contributed by atoms with Gasteiger partial charge in [-0.1, -0.05) is 19.9 Å². The van der Waals surface area contributed by atoms with Crippen LogP contribution in [-0.2, 0) is 9.59 Å². The SMILES string of the molecule is CC(C)C1(C(=O)O)CCN(C(=O)CN(C)C(=O)c2cccs2)C1. The van der Waals surface area contributed by atoms with Crippen molar-refractivity contribution in [1.82, 2.24) is 9.80 Å². The third kappa shape index (κ3) is 3.39. The highest BCUT2D eigenvalue weighted by molar-refractivity contribution is 7.12. The number of rotatable bonds is 5. The summed E-state index contributed by atoms with van der Waals surface area (Å²) < 4.78 is 0. The third-order valence-electron chi connectivity index (χ3n) is 4.64. The van der Waals surface area contributed by atoms with Crippen molar-refractivity contribution in [2.24, 2.45) is 11.3 Å². The Hall–Kier alpha value is -1.89. The lowest BCUT2D eigenvalue weighted by molar-refractivity contribution is -0.151. The van der Waals surface area contributed by atoms with Crippen LogP contribution in [0.3, 0.4) is 0 Å². The summed E-state index contributed by atoms with van der Waals surface area (Å²) in [5.41, 5.74) is -0.883. The first-order valence-electron chi connectivity index (χ1n) is 7.58. The molecule has 6 nitrogen and oxygen atoms in total. The molecule has 7 heteroatoms. The van der Waals surface area contributed by atoms with E-state index >= 15 is 0 Å². The fourth-order valence-electron chi connectivity index (χ4n) is 2.90. The molecule has 1 N–H and O–H groups in total. The molecule has 1 aliphatic rings. The molecule has 1 aromatic rings. The molecule has 0 spiro atoms. The van der Waals surface area contributed by atoms with Crippen LogP contribution >= 0.6 is 11.3 Å². The number of hydrogen-bond donors (Lipinski definition) is 1. The van der Waals surface area contributed by atoms with E-state index in [1.807, 2.05) is 19.2 Å². The predicted molar refractivity (Wildman–Crippen MR) is 87.4 cm³/mol. The van der Waals surface area contributed by atoms with E-state index in [2.05, 4.69) is 0 Å². The molecule has 0 radical (unpaired) electrons. The highest BCUT2D eigenvalue weighted by Gasteiger charge is 2.48. The average Bonchev–Trinajstić information content (AvgIpc) is 3.16. The number of likely N-dealkylation sites (N-methyl/N-ethyl adjacent to an activating group) is 1. The number of carbonyl (C=O) groups excluding carboxylic acids is 2. The molecule has 0 aliphatic carbocycles. The monoisotopic (exact) mass is 338 g/mol. The van der Waals surface area contributed by atoms with E-state index in [1.165, 1.54) is 16.2 Å². The number of nitrogens with zero attached hydrogens (tertiary/aromatic N) is 2. The number of carbonyl (C=O) groups is 3. The molecule has 0 bridgehead atoms. The minimum Gasteiger partial charge on any atom is -0.481 e. The molecule has 0 saturated carbocycles. The molecule has 1 unspecified atom stereocenters. The Kier molecular flexibility index (Phi) is 5.09. The van der Waals surface area contributed by atoms with E-state index in [0.29, 0.717) is 17.8 Å². The summed E-state index contributed by atoms with van der Waals surface area (Å²) in [4.78, 5) is 39.7. The molecule has 126 valence electrons. The Morgan fingerprint density at radius 2 is 2.13 bits per heavy atom. The second-order valence-electron chi connectivity index (χ2n) is 6.32. The van der Waals surface area contributed by atoms with Gasteiger partial charge >= 0.3 is 5.97 Å². The Balaban J connectivity index is 1.99. The molecule has 1 saturated heterocycles. The van der Waals surface area contributed by atoms with Gasteiger partial charge in [0.1, 0.15) is 0 Å². The van der Waals surface area contributed by atoms with E-state index in [9.17, 15) is 19.5 Å². The van der Waals surface area contributed by atoms with Crippen molar-refractivity contribution in [3.8, 4) is 0 Å². The van der Waals surface area contributed by atoms with Crippen molar-refractivity contribution >= 4 is 29.1 Å². The standard InChI is InChI=1S/C16H22N2O4S/c1-11(2)16(15(21)22)6-7-18(10-16)13(19)9-17(3)14(20)12-5-4-8-23-12/h4-5,8,11H,6-7,9-10H2,1-3H3,(H,21,22). The lowest BCUT2D eigenvalue weighted by Crippen LogP contribution is -2.43. The van der Waals surface area contributed by atoms with Crippen LogP contribution in [-0.4, -0.2) is 59.4 Å². The van der Waals surface area contributed by atoms with Crippen molar-refractivity contribution < 1.29 is 19.5 Å². The van der Waals surface area contributed by atoms with E-state index in [-0.39, 0.29) is 30.8 Å². The van der Waals surface area contributed by atoms with Crippen LogP contribution in [0.1, 0.15) is 29.9 Å². The van der Waals surface area contributed by atoms with Gasteiger partial charge in [-0.25, -0.2) is 0 Å². The number of aliphatic carboxylic acids is 1. The zero-order chi connectivity index (χ0) is 17.2. The molecule has 1 aliphatic heterocycles. The van der Waals surface area contributed by atoms with Gasteiger partial charge in [0.25, 0.3) is 5.91 Å². The average molecular weight is 338 g/mol. The van der Waals surface area contributed by atoms with E-state index in [1.54, 1.807) is 24.1 Å². The van der Waals surface area contributed by atoms with Gasteiger partial charge in [-0.3, -0.25) is 14.4 Å². The largest absolute Gasteiger partial charge is 0.481 e. The third-order valence-corrected chi connectivity index (χ3v) is 5.49. The van der Waals surface area contributed by atoms with Crippen LogP contribution in [0.15, 0.2) is 17.5 Å². The molecule has 2 amide bonds. The lowest BCUT2D eigenvalue weighted by Gasteiger charge is -2.29. The molecule has 1 fully saturated rings. The fraction of sp³-hybridized carbons (Fsp3) is 0.562. The van der Waals surface area contributed by atoms with Gasteiger partial charge in [0.2, 0.25) is 5.91 Å². The summed E-state index contributed by atoms with van der Waals surface area (Å²) in [7, 11) is 1.59. The molecule has 0 aromatic carbocycles. The number of hydrogen-bond acceptors (Lipinski definition) is 4. The molecule has 1 atom stereocenters. The van der Waals surface area contributed by atoms with Crippen LogP contribution in [0, 0.1) is 11.3 Å². The number of amides is 2. The Labute approximate surface area is 139 Å². The molecular formula is C16H22N2O4S. The highest BCUT2D eigenvalue weighted by atomic mass is 32.1. The van der Waals surface area contributed by atoms with Gasteiger partial charge in [-0.2, -0.15) is 0 Å². The smallest absolute Gasteiger partial charge is 0.311 e. The van der Waals surface area contributed by atoms with Gasteiger partial charge in [-0.05, 0) is 23.8 Å². The first kappa shape index (κ1) is 17.5. The number of carboxylic acids is 1. The fourth-order valence-corrected chi connectivity index (χ4v) is 3.62. The Bertz CT molecular complexity index is 599. The normalized spacial score (nSPS) is 20.8. The molecular weight excluding hydrogens is 316 g/mol. The maximum atomic E-state index is 12.4.